The van der Waals surface area contributed by atoms with Crippen LogP contribution in [0, 0.1) is 5.92 Å². The van der Waals surface area contributed by atoms with E-state index in [9.17, 15) is 13.2 Å². The van der Waals surface area contributed by atoms with Crippen LogP contribution in [0.25, 0.3) is 0 Å². The van der Waals surface area contributed by atoms with Crippen LogP contribution in [0.15, 0.2) is 5.16 Å². The summed E-state index contributed by atoms with van der Waals surface area (Å²) in [6, 6.07) is 0. The molecule has 0 aromatic heterocycles. The maximum absolute atomic E-state index is 10.8. The highest BCUT2D eigenvalue weighted by atomic mass is 32.2. The fourth-order valence-corrected chi connectivity index (χ4v) is 1.63. The lowest BCUT2D eigenvalue weighted by atomic mass is 10.1. The van der Waals surface area contributed by atoms with E-state index in [4.69, 9.17) is 16.7 Å². The van der Waals surface area contributed by atoms with Crippen LogP contribution in [0.1, 0.15) is 0 Å². The first kappa shape index (κ1) is 11.7. The second kappa shape index (κ2) is 4.08. The summed E-state index contributed by atoms with van der Waals surface area (Å²) in [5, 5.41) is 10.7. The molecule has 0 aliphatic carbocycles. The summed E-state index contributed by atoms with van der Waals surface area (Å²) < 4.78 is 21.5. The molecule has 7 nitrogen and oxygen atoms in total. The highest BCUT2D eigenvalue weighted by Gasteiger charge is 2.25. The van der Waals surface area contributed by atoms with Gasteiger partial charge in [0, 0.05) is 6.26 Å². The van der Waals surface area contributed by atoms with Crippen molar-refractivity contribution in [3.8, 4) is 0 Å². The van der Waals surface area contributed by atoms with E-state index < -0.39 is 33.3 Å². The Labute approximate surface area is 75.3 Å². The van der Waals surface area contributed by atoms with Gasteiger partial charge < -0.3 is 16.7 Å². The standard InChI is InChI=1S/C5H11N3O4S/c1-13(11,12)2-3(5(7)9)4(6)8-10/h3,10H,2H2,1H3,(H2,6,8)(H2,7,9). The predicted molar refractivity (Wildman–Crippen MR) is 45.8 cm³/mol. The summed E-state index contributed by atoms with van der Waals surface area (Å²) in [6.07, 6.45) is 0.924. The Morgan fingerprint density at radius 2 is 2.00 bits per heavy atom. The van der Waals surface area contributed by atoms with Gasteiger partial charge in [-0.05, 0) is 0 Å². The van der Waals surface area contributed by atoms with Gasteiger partial charge in [0.05, 0.1) is 5.75 Å². The molecule has 0 bridgehead atoms. The van der Waals surface area contributed by atoms with Crippen molar-refractivity contribution in [2.75, 3.05) is 12.0 Å². The zero-order chi connectivity index (χ0) is 10.6. The Morgan fingerprint density at radius 3 is 2.23 bits per heavy atom. The molecule has 76 valence electrons. The fourth-order valence-electron chi connectivity index (χ4n) is 0.686. The average Bonchev–Trinajstić information content (AvgIpc) is 1.96. The SMILES string of the molecule is CS(=O)(=O)CC(C(N)=O)C(N)=NO. The van der Waals surface area contributed by atoms with Gasteiger partial charge in [-0.15, -0.1) is 0 Å². The molecule has 0 radical (unpaired) electrons. The van der Waals surface area contributed by atoms with Gasteiger partial charge in [-0.3, -0.25) is 4.79 Å². The number of nitrogens with zero attached hydrogens (tertiary/aromatic N) is 1. The van der Waals surface area contributed by atoms with Gasteiger partial charge in [-0.2, -0.15) is 0 Å². The molecule has 0 saturated carbocycles. The number of carbonyl (C=O) groups excluding carboxylic acids is 1. The van der Waals surface area contributed by atoms with E-state index in [2.05, 4.69) is 5.16 Å². The van der Waals surface area contributed by atoms with Crippen LogP contribution in [0.2, 0.25) is 0 Å². The van der Waals surface area contributed by atoms with E-state index >= 15 is 0 Å². The summed E-state index contributed by atoms with van der Waals surface area (Å²) >= 11 is 0. The normalized spacial score (nSPS) is 15.3. The molecule has 0 fully saturated rings. The monoisotopic (exact) mass is 209 g/mol. The molecule has 0 spiro atoms. The minimum absolute atomic E-state index is 0.502. The Kier molecular flexibility index (Phi) is 3.67. The number of rotatable bonds is 4. The van der Waals surface area contributed by atoms with Gasteiger partial charge in [0.1, 0.15) is 15.8 Å². The van der Waals surface area contributed by atoms with E-state index in [0.717, 1.165) is 6.26 Å². The number of amidine groups is 1. The number of nitrogens with two attached hydrogens (primary N) is 2. The summed E-state index contributed by atoms with van der Waals surface area (Å²) in [5.41, 5.74) is 9.91. The third-order valence-corrected chi connectivity index (χ3v) is 2.22. The maximum Gasteiger partial charge on any atom is 0.229 e. The quantitative estimate of drug-likeness (QED) is 0.210. The van der Waals surface area contributed by atoms with Crippen molar-refractivity contribution in [3.05, 3.63) is 0 Å². The third-order valence-electron chi connectivity index (χ3n) is 1.29. The zero-order valence-corrected chi connectivity index (χ0v) is 7.78. The van der Waals surface area contributed by atoms with Gasteiger partial charge >= 0.3 is 0 Å². The topological polar surface area (TPSA) is 136 Å². The molecular weight excluding hydrogens is 198 g/mol. The number of carbonyl (C=O) groups is 1. The first-order chi connectivity index (χ1) is 5.78. The molecular formula is C5H11N3O4S. The van der Waals surface area contributed by atoms with Crippen molar-refractivity contribution in [2.45, 2.75) is 0 Å². The molecule has 0 aromatic rings. The predicted octanol–water partition coefficient (Wildman–Crippen LogP) is -2.12. The maximum atomic E-state index is 10.8. The number of hydrogen-bond donors (Lipinski definition) is 3. The van der Waals surface area contributed by atoms with Crippen molar-refractivity contribution in [2.24, 2.45) is 22.5 Å². The number of sulfone groups is 1. The van der Waals surface area contributed by atoms with Gasteiger partial charge in [0.15, 0.2) is 5.84 Å². The molecule has 0 aliphatic rings. The Bertz CT molecular complexity index is 321. The molecule has 1 atom stereocenters. The van der Waals surface area contributed by atoms with Gasteiger partial charge in [-0.25, -0.2) is 8.42 Å². The second-order valence-corrected chi connectivity index (χ2v) is 4.76. The van der Waals surface area contributed by atoms with Crippen molar-refractivity contribution >= 4 is 21.6 Å². The molecule has 1 unspecified atom stereocenters. The van der Waals surface area contributed by atoms with Crippen LogP contribution in [-0.2, 0) is 14.6 Å². The number of primary amides is 1. The van der Waals surface area contributed by atoms with Crippen LogP contribution < -0.4 is 11.5 Å². The molecule has 1 amide bonds. The lowest BCUT2D eigenvalue weighted by Crippen LogP contribution is -2.39. The first-order valence-corrected chi connectivity index (χ1v) is 5.28. The molecule has 0 heterocycles. The Hall–Kier alpha value is -1.31. The molecule has 8 heteroatoms. The van der Waals surface area contributed by atoms with Crippen molar-refractivity contribution in [1.82, 2.24) is 0 Å². The second-order valence-electron chi connectivity index (χ2n) is 2.57. The van der Waals surface area contributed by atoms with Gasteiger partial charge in [0.2, 0.25) is 5.91 Å². The summed E-state index contributed by atoms with van der Waals surface area (Å²) in [6.45, 7) is 0. The first-order valence-electron chi connectivity index (χ1n) is 3.22. The van der Waals surface area contributed by atoms with Gasteiger partial charge in [0.25, 0.3) is 0 Å². The summed E-state index contributed by atoms with van der Waals surface area (Å²) in [4.78, 5) is 10.7. The molecule has 0 aromatic carbocycles. The summed E-state index contributed by atoms with van der Waals surface area (Å²) in [5.74, 6) is -3.28. The van der Waals surface area contributed by atoms with Crippen molar-refractivity contribution in [3.63, 3.8) is 0 Å². The van der Waals surface area contributed by atoms with Crippen LogP contribution >= 0.6 is 0 Å². The highest BCUT2D eigenvalue weighted by Crippen LogP contribution is 2.00. The van der Waals surface area contributed by atoms with Crippen LogP contribution in [0.3, 0.4) is 0 Å². The number of amides is 1. The minimum Gasteiger partial charge on any atom is -0.409 e. The van der Waals surface area contributed by atoms with E-state index in [-0.39, 0.29) is 0 Å². The molecule has 0 saturated heterocycles. The lowest BCUT2D eigenvalue weighted by molar-refractivity contribution is -0.119. The van der Waals surface area contributed by atoms with Crippen LogP contribution in [0.5, 0.6) is 0 Å². The smallest absolute Gasteiger partial charge is 0.229 e. The lowest BCUT2D eigenvalue weighted by Gasteiger charge is -2.09. The van der Waals surface area contributed by atoms with Crippen LogP contribution in [0.4, 0.5) is 0 Å². The minimum atomic E-state index is -3.40. The van der Waals surface area contributed by atoms with Crippen LogP contribution in [-0.4, -0.2) is 37.4 Å². The van der Waals surface area contributed by atoms with E-state index in [1.807, 2.05) is 0 Å². The Morgan fingerprint density at radius 1 is 1.54 bits per heavy atom. The van der Waals surface area contributed by atoms with Crippen molar-refractivity contribution in [1.29, 1.82) is 0 Å². The number of oxime groups is 1. The molecule has 0 aliphatic heterocycles. The largest absolute Gasteiger partial charge is 0.409 e. The number of hydrogen-bond acceptors (Lipinski definition) is 5. The average molecular weight is 209 g/mol. The molecule has 13 heavy (non-hydrogen) atoms. The third kappa shape index (κ3) is 4.31. The van der Waals surface area contributed by atoms with Crippen molar-refractivity contribution < 1.29 is 18.4 Å². The van der Waals surface area contributed by atoms with E-state index in [1.165, 1.54) is 0 Å². The molecule has 5 N–H and O–H groups in total. The summed E-state index contributed by atoms with van der Waals surface area (Å²) in [7, 11) is -3.40. The fraction of sp³-hybridized carbons (Fsp3) is 0.600. The Balaban J connectivity index is 4.76. The van der Waals surface area contributed by atoms with E-state index in [0.29, 0.717) is 0 Å². The zero-order valence-electron chi connectivity index (χ0n) is 6.97. The van der Waals surface area contributed by atoms with E-state index in [1.54, 1.807) is 0 Å². The highest BCUT2D eigenvalue weighted by molar-refractivity contribution is 7.90. The molecule has 0 rings (SSSR count). The van der Waals surface area contributed by atoms with Gasteiger partial charge in [-0.1, -0.05) is 5.16 Å².